The highest BCUT2D eigenvalue weighted by atomic mass is 16.5. The molecule has 1 aromatic carbocycles. The molecular formula is C20H24N4O3. The van der Waals surface area contributed by atoms with Crippen LogP contribution < -0.4 is 4.90 Å². The van der Waals surface area contributed by atoms with Crippen LogP contribution in [0.5, 0.6) is 0 Å². The second-order valence-corrected chi connectivity index (χ2v) is 6.46. The molecule has 0 N–H and O–H groups in total. The van der Waals surface area contributed by atoms with Crippen molar-refractivity contribution in [1.82, 2.24) is 15.0 Å². The minimum atomic E-state index is 0.0620. The molecule has 142 valence electrons. The van der Waals surface area contributed by atoms with Gasteiger partial charge in [-0.05, 0) is 36.8 Å². The summed E-state index contributed by atoms with van der Waals surface area (Å²) in [6.45, 7) is 3.22. The number of carbonyl (C=O) groups excluding carboxylic acids is 1. The molecule has 0 saturated carbocycles. The molecule has 0 saturated heterocycles. The number of aromatic nitrogens is 2. The number of aryl methyl sites for hydroxylation is 1. The van der Waals surface area contributed by atoms with Crippen molar-refractivity contribution >= 4 is 11.6 Å². The number of rotatable bonds is 8. The van der Waals surface area contributed by atoms with Gasteiger partial charge in [-0.3, -0.25) is 4.79 Å². The predicted molar refractivity (Wildman–Crippen MR) is 102 cm³/mol. The molecule has 0 unspecified atom stereocenters. The van der Waals surface area contributed by atoms with E-state index in [1.165, 1.54) is 0 Å². The maximum absolute atomic E-state index is 12.6. The Kier molecular flexibility index (Phi) is 5.90. The third kappa shape index (κ3) is 4.75. The van der Waals surface area contributed by atoms with Gasteiger partial charge < -0.3 is 18.7 Å². The van der Waals surface area contributed by atoms with E-state index >= 15 is 0 Å². The molecule has 0 aliphatic carbocycles. The molecule has 3 rings (SSSR count). The van der Waals surface area contributed by atoms with Crippen molar-refractivity contribution in [3.8, 4) is 11.6 Å². The zero-order valence-electron chi connectivity index (χ0n) is 15.9. The Labute approximate surface area is 158 Å². The average molecular weight is 368 g/mol. The number of amides is 1. The van der Waals surface area contributed by atoms with E-state index in [-0.39, 0.29) is 5.91 Å². The summed E-state index contributed by atoms with van der Waals surface area (Å²) in [5, 5.41) is 3.88. The fourth-order valence-corrected chi connectivity index (χ4v) is 2.73. The Balaban J connectivity index is 1.55. The van der Waals surface area contributed by atoms with E-state index < -0.39 is 0 Å². The Morgan fingerprint density at radius 2 is 1.93 bits per heavy atom. The van der Waals surface area contributed by atoms with E-state index in [0.29, 0.717) is 43.4 Å². The van der Waals surface area contributed by atoms with E-state index in [4.69, 9.17) is 8.94 Å². The predicted octanol–water partition coefficient (Wildman–Crippen LogP) is 3.38. The van der Waals surface area contributed by atoms with Crippen LogP contribution in [-0.2, 0) is 17.8 Å². The van der Waals surface area contributed by atoms with Crippen LogP contribution in [0.3, 0.4) is 0 Å². The molecule has 0 spiro atoms. The van der Waals surface area contributed by atoms with E-state index in [0.717, 1.165) is 11.3 Å². The van der Waals surface area contributed by atoms with Crippen LogP contribution in [0.4, 0.5) is 5.69 Å². The summed E-state index contributed by atoms with van der Waals surface area (Å²) in [5.74, 6) is 1.44. The number of hydrogen-bond acceptors (Lipinski definition) is 6. The van der Waals surface area contributed by atoms with E-state index in [1.54, 1.807) is 18.4 Å². The molecule has 0 atom stereocenters. The van der Waals surface area contributed by atoms with Crippen LogP contribution in [0.25, 0.3) is 11.6 Å². The second kappa shape index (κ2) is 8.53. The summed E-state index contributed by atoms with van der Waals surface area (Å²) in [5.41, 5.74) is 2.24. The van der Waals surface area contributed by atoms with Gasteiger partial charge in [-0.15, -0.1) is 0 Å². The van der Waals surface area contributed by atoms with Gasteiger partial charge in [0.1, 0.15) is 0 Å². The maximum Gasteiger partial charge on any atom is 0.238 e. The SMILES string of the molecule is CCN(Cc1ccc(N(C)C)cc1)C(=O)CCc1nc(-c2ccco2)no1. The third-order valence-electron chi connectivity index (χ3n) is 4.32. The molecule has 0 fully saturated rings. The Hall–Kier alpha value is -3.09. The van der Waals surface area contributed by atoms with Crippen LogP contribution in [0.2, 0.25) is 0 Å². The first-order valence-electron chi connectivity index (χ1n) is 8.97. The standard InChI is InChI=1S/C20H24N4O3/c1-4-24(14-15-7-9-16(10-8-15)23(2)3)19(25)12-11-18-21-20(22-27-18)17-6-5-13-26-17/h5-10,13H,4,11-12,14H2,1-3H3. The van der Waals surface area contributed by atoms with E-state index in [1.807, 2.05) is 30.8 Å². The lowest BCUT2D eigenvalue weighted by Crippen LogP contribution is -2.30. The quantitative estimate of drug-likeness (QED) is 0.607. The summed E-state index contributed by atoms with van der Waals surface area (Å²) in [6.07, 6.45) is 2.28. The fourth-order valence-electron chi connectivity index (χ4n) is 2.73. The van der Waals surface area contributed by atoms with Crippen molar-refractivity contribution in [2.75, 3.05) is 25.5 Å². The highest BCUT2D eigenvalue weighted by Crippen LogP contribution is 2.17. The van der Waals surface area contributed by atoms with Gasteiger partial charge in [-0.1, -0.05) is 17.3 Å². The van der Waals surface area contributed by atoms with Gasteiger partial charge in [0, 0.05) is 45.7 Å². The number of benzene rings is 1. The minimum Gasteiger partial charge on any atom is -0.461 e. The number of furan rings is 1. The van der Waals surface area contributed by atoms with Gasteiger partial charge in [0.05, 0.1) is 6.26 Å². The van der Waals surface area contributed by atoms with Gasteiger partial charge in [-0.25, -0.2) is 0 Å². The van der Waals surface area contributed by atoms with E-state index in [2.05, 4.69) is 34.4 Å². The monoisotopic (exact) mass is 368 g/mol. The third-order valence-corrected chi connectivity index (χ3v) is 4.32. The van der Waals surface area contributed by atoms with Crippen molar-refractivity contribution in [1.29, 1.82) is 0 Å². The highest BCUT2D eigenvalue weighted by molar-refractivity contribution is 5.76. The first-order valence-corrected chi connectivity index (χ1v) is 8.97. The molecule has 0 aliphatic rings. The molecule has 27 heavy (non-hydrogen) atoms. The highest BCUT2D eigenvalue weighted by Gasteiger charge is 2.16. The molecular weight excluding hydrogens is 344 g/mol. The molecule has 0 aliphatic heterocycles. The van der Waals surface area contributed by atoms with Crippen molar-refractivity contribution in [3.63, 3.8) is 0 Å². The average Bonchev–Trinajstić information content (AvgIpc) is 3.36. The van der Waals surface area contributed by atoms with Crippen LogP contribution in [-0.4, -0.2) is 41.6 Å². The number of carbonyl (C=O) groups is 1. The summed E-state index contributed by atoms with van der Waals surface area (Å²) in [7, 11) is 4.01. The van der Waals surface area contributed by atoms with Gasteiger partial charge in [0.25, 0.3) is 0 Å². The molecule has 2 aromatic heterocycles. The zero-order chi connectivity index (χ0) is 19.2. The number of anilines is 1. The van der Waals surface area contributed by atoms with Crippen LogP contribution in [0.15, 0.2) is 51.6 Å². The summed E-state index contributed by atoms with van der Waals surface area (Å²) >= 11 is 0. The van der Waals surface area contributed by atoms with Crippen LogP contribution in [0, 0.1) is 0 Å². The molecule has 7 heteroatoms. The summed E-state index contributed by atoms with van der Waals surface area (Å²) in [4.78, 5) is 20.7. The van der Waals surface area contributed by atoms with Gasteiger partial charge >= 0.3 is 0 Å². The molecule has 0 radical (unpaired) electrons. The van der Waals surface area contributed by atoms with Gasteiger partial charge in [0.2, 0.25) is 17.6 Å². The summed E-state index contributed by atoms with van der Waals surface area (Å²) in [6, 6.07) is 11.8. The molecule has 1 amide bonds. The topological polar surface area (TPSA) is 75.6 Å². The van der Waals surface area contributed by atoms with Gasteiger partial charge in [-0.2, -0.15) is 4.98 Å². The second-order valence-electron chi connectivity index (χ2n) is 6.46. The van der Waals surface area contributed by atoms with E-state index in [9.17, 15) is 4.79 Å². The zero-order valence-corrected chi connectivity index (χ0v) is 15.9. The van der Waals surface area contributed by atoms with Gasteiger partial charge in [0.15, 0.2) is 5.76 Å². The van der Waals surface area contributed by atoms with Crippen molar-refractivity contribution in [2.45, 2.75) is 26.3 Å². The number of hydrogen-bond donors (Lipinski definition) is 0. The van der Waals surface area contributed by atoms with Crippen LogP contribution in [0.1, 0.15) is 24.8 Å². The minimum absolute atomic E-state index is 0.0620. The first kappa shape index (κ1) is 18.7. The Morgan fingerprint density at radius 3 is 2.56 bits per heavy atom. The van der Waals surface area contributed by atoms with Crippen molar-refractivity contribution in [3.05, 3.63) is 54.1 Å². The van der Waals surface area contributed by atoms with Crippen LogP contribution >= 0.6 is 0 Å². The maximum atomic E-state index is 12.6. The summed E-state index contributed by atoms with van der Waals surface area (Å²) < 4.78 is 10.4. The number of nitrogens with zero attached hydrogens (tertiary/aromatic N) is 4. The largest absolute Gasteiger partial charge is 0.461 e. The molecule has 3 aromatic rings. The first-order chi connectivity index (χ1) is 13.1. The van der Waals surface area contributed by atoms with Crippen molar-refractivity contribution < 1.29 is 13.7 Å². The molecule has 0 bridgehead atoms. The lowest BCUT2D eigenvalue weighted by Gasteiger charge is -2.21. The Bertz CT molecular complexity index is 854. The normalized spacial score (nSPS) is 10.8. The van der Waals surface area contributed by atoms with Crippen molar-refractivity contribution in [2.24, 2.45) is 0 Å². The fraction of sp³-hybridized carbons (Fsp3) is 0.350. The molecule has 7 nitrogen and oxygen atoms in total. The lowest BCUT2D eigenvalue weighted by molar-refractivity contribution is -0.131. The smallest absolute Gasteiger partial charge is 0.238 e. The lowest BCUT2D eigenvalue weighted by atomic mass is 10.1. The Morgan fingerprint density at radius 1 is 1.15 bits per heavy atom. The molecule has 2 heterocycles.